The number of likely N-dealkylation sites (tertiary alicyclic amines) is 1. The lowest BCUT2D eigenvalue weighted by Gasteiger charge is -2.16. The Balaban J connectivity index is 1.72. The van der Waals surface area contributed by atoms with Gasteiger partial charge in [-0.3, -0.25) is 9.78 Å². The van der Waals surface area contributed by atoms with Crippen molar-refractivity contribution >= 4 is 12.0 Å². The predicted molar refractivity (Wildman–Crippen MR) is 68.7 cm³/mol. The van der Waals surface area contributed by atoms with E-state index >= 15 is 0 Å². The summed E-state index contributed by atoms with van der Waals surface area (Å²) in [4.78, 5) is 28.2. The SMILES string of the molecule is O=C(O)C1CCN(C(=O)NCCc2cccnc2)C1. The van der Waals surface area contributed by atoms with E-state index in [0.717, 1.165) is 12.0 Å². The molecule has 1 atom stereocenters. The summed E-state index contributed by atoms with van der Waals surface area (Å²) in [6.07, 6.45) is 4.72. The fourth-order valence-corrected chi connectivity index (χ4v) is 2.12. The average Bonchev–Trinajstić information content (AvgIpc) is 2.89. The molecule has 1 aliphatic rings. The van der Waals surface area contributed by atoms with Gasteiger partial charge in [-0.15, -0.1) is 0 Å². The number of urea groups is 1. The van der Waals surface area contributed by atoms with E-state index in [1.165, 1.54) is 0 Å². The first-order valence-electron chi connectivity index (χ1n) is 6.31. The molecule has 19 heavy (non-hydrogen) atoms. The van der Waals surface area contributed by atoms with Gasteiger partial charge in [0, 0.05) is 32.0 Å². The van der Waals surface area contributed by atoms with Crippen molar-refractivity contribution in [1.82, 2.24) is 15.2 Å². The fraction of sp³-hybridized carbons (Fsp3) is 0.462. The van der Waals surface area contributed by atoms with Crippen LogP contribution in [0.2, 0.25) is 0 Å². The number of nitrogens with zero attached hydrogens (tertiary/aromatic N) is 2. The highest BCUT2D eigenvalue weighted by Gasteiger charge is 2.30. The summed E-state index contributed by atoms with van der Waals surface area (Å²) in [5.74, 6) is -1.25. The normalized spacial score (nSPS) is 18.3. The number of rotatable bonds is 4. The third kappa shape index (κ3) is 3.67. The topological polar surface area (TPSA) is 82.5 Å². The van der Waals surface area contributed by atoms with Crippen molar-refractivity contribution in [2.45, 2.75) is 12.8 Å². The Labute approximate surface area is 111 Å². The van der Waals surface area contributed by atoms with Crippen LogP contribution in [-0.4, -0.2) is 46.6 Å². The van der Waals surface area contributed by atoms with Gasteiger partial charge in [-0.2, -0.15) is 0 Å². The molecule has 1 aliphatic heterocycles. The van der Waals surface area contributed by atoms with Crippen LogP contribution in [-0.2, 0) is 11.2 Å². The number of nitrogens with one attached hydrogen (secondary N) is 1. The molecule has 2 amide bonds. The standard InChI is InChI=1S/C13H17N3O3/c17-12(18)11-4-7-16(9-11)13(19)15-6-3-10-2-1-5-14-8-10/h1-2,5,8,11H,3-4,6-7,9H2,(H,15,19)(H,17,18). The van der Waals surface area contributed by atoms with Crippen LogP contribution in [0.5, 0.6) is 0 Å². The van der Waals surface area contributed by atoms with Crippen LogP contribution in [0.15, 0.2) is 24.5 Å². The molecule has 6 nitrogen and oxygen atoms in total. The Kier molecular flexibility index (Phi) is 4.33. The van der Waals surface area contributed by atoms with Gasteiger partial charge in [0.25, 0.3) is 0 Å². The highest BCUT2D eigenvalue weighted by atomic mass is 16.4. The summed E-state index contributed by atoms with van der Waals surface area (Å²) < 4.78 is 0. The maximum atomic E-state index is 11.8. The van der Waals surface area contributed by atoms with Crippen molar-refractivity contribution in [3.63, 3.8) is 0 Å². The second-order valence-electron chi connectivity index (χ2n) is 4.61. The van der Waals surface area contributed by atoms with E-state index in [1.54, 1.807) is 17.3 Å². The van der Waals surface area contributed by atoms with Crippen molar-refractivity contribution in [1.29, 1.82) is 0 Å². The Hall–Kier alpha value is -2.11. The lowest BCUT2D eigenvalue weighted by atomic mass is 10.1. The molecule has 0 aromatic carbocycles. The van der Waals surface area contributed by atoms with Crippen LogP contribution in [0, 0.1) is 5.92 Å². The number of hydrogen-bond donors (Lipinski definition) is 2. The minimum Gasteiger partial charge on any atom is -0.481 e. The van der Waals surface area contributed by atoms with Gasteiger partial charge in [0.05, 0.1) is 5.92 Å². The first-order chi connectivity index (χ1) is 9.16. The lowest BCUT2D eigenvalue weighted by Crippen LogP contribution is -2.39. The minimum absolute atomic E-state index is 0.187. The molecular weight excluding hydrogens is 246 g/mol. The quantitative estimate of drug-likeness (QED) is 0.839. The molecule has 1 saturated heterocycles. The number of aliphatic carboxylic acids is 1. The van der Waals surface area contributed by atoms with Crippen LogP contribution >= 0.6 is 0 Å². The molecule has 2 N–H and O–H groups in total. The first-order valence-corrected chi connectivity index (χ1v) is 6.31. The van der Waals surface area contributed by atoms with E-state index < -0.39 is 11.9 Å². The Bertz CT molecular complexity index is 450. The highest BCUT2D eigenvalue weighted by molar-refractivity contribution is 5.77. The van der Waals surface area contributed by atoms with Crippen molar-refractivity contribution in [2.24, 2.45) is 5.92 Å². The maximum Gasteiger partial charge on any atom is 0.317 e. The zero-order valence-corrected chi connectivity index (χ0v) is 10.6. The third-order valence-electron chi connectivity index (χ3n) is 3.24. The maximum absolute atomic E-state index is 11.8. The van der Waals surface area contributed by atoms with E-state index in [9.17, 15) is 9.59 Å². The van der Waals surface area contributed by atoms with Crippen molar-refractivity contribution in [3.8, 4) is 0 Å². The number of carbonyl (C=O) groups is 2. The summed E-state index contributed by atoms with van der Waals surface area (Å²) in [5.41, 5.74) is 1.06. The lowest BCUT2D eigenvalue weighted by molar-refractivity contribution is -0.141. The fourth-order valence-electron chi connectivity index (χ4n) is 2.12. The number of amides is 2. The molecule has 1 fully saturated rings. The minimum atomic E-state index is -0.828. The van der Waals surface area contributed by atoms with Crippen LogP contribution in [0.25, 0.3) is 0 Å². The van der Waals surface area contributed by atoms with Crippen LogP contribution < -0.4 is 5.32 Å². The first kappa shape index (κ1) is 13.3. The van der Waals surface area contributed by atoms with Gasteiger partial charge in [0.1, 0.15) is 0 Å². The number of carboxylic acid groups (broad SMARTS) is 1. The molecule has 2 heterocycles. The number of pyridine rings is 1. The number of aromatic nitrogens is 1. The molecule has 0 bridgehead atoms. The van der Waals surface area contributed by atoms with Gasteiger partial charge < -0.3 is 15.3 Å². The van der Waals surface area contributed by atoms with Crippen LogP contribution in [0.3, 0.4) is 0 Å². The van der Waals surface area contributed by atoms with Gasteiger partial charge in [-0.05, 0) is 24.5 Å². The van der Waals surface area contributed by atoms with E-state index in [4.69, 9.17) is 5.11 Å². The molecule has 2 rings (SSSR count). The summed E-state index contributed by atoms with van der Waals surface area (Å²) in [5, 5.41) is 11.7. The highest BCUT2D eigenvalue weighted by Crippen LogP contribution is 2.15. The smallest absolute Gasteiger partial charge is 0.317 e. The molecule has 0 radical (unpaired) electrons. The van der Waals surface area contributed by atoms with Gasteiger partial charge in [-0.25, -0.2) is 4.79 Å². The zero-order chi connectivity index (χ0) is 13.7. The molecule has 0 spiro atoms. The summed E-state index contributed by atoms with van der Waals surface area (Å²) in [6.45, 7) is 1.34. The largest absolute Gasteiger partial charge is 0.481 e. The molecule has 6 heteroatoms. The molecule has 102 valence electrons. The van der Waals surface area contributed by atoms with Crippen molar-refractivity contribution in [3.05, 3.63) is 30.1 Å². The van der Waals surface area contributed by atoms with Crippen LogP contribution in [0.1, 0.15) is 12.0 Å². The van der Waals surface area contributed by atoms with E-state index in [-0.39, 0.29) is 6.03 Å². The van der Waals surface area contributed by atoms with Gasteiger partial charge >= 0.3 is 12.0 Å². The molecule has 1 aromatic rings. The molecule has 0 aliphatic carbocycles. The Morgan fingerprint density at radius 3 is 3.00 bits per heavy atom. The summed E-state index contributed by atoms with van der Waals surface area (Å²) in [7, 11) is 0. The second kappa shape index (κ2) is 6.17. The molecule has 0 saturated carbocycles. The second-order valence-corrected chi connectivity index (χ2v) is 4.61. The summed E-state index contributed by atoms with van der Waals surface area (Å²) in [6, 6.07) is 3.62. The average molecular weight is 263 g/mol. The number of carboxylic acids is 1. The predicted octanol–water partition coefficient (Wildman–Crippen LogP) is 0.740. The Morgan fingerprint density at radius 2 is 2.37 bits per heavy atom. The third-order valence-corrected chi connectivity index (χ3v) is 3.24. The zero-order valence-electron chi connectivity index (χ0n) is 10.6. The van der Waals surface area contributed by atoms with Gasteiger partial charge in [0.15, 0.2) is 0 Å². The van der Waals surface area contributed by atoms with Crippen molar-refractivity contribution < 1.29 is 14.7 Å². The van der Waals surface area contributed by atoms with Gasteiger partial charge in [-0.1, -0.05) is 6.07 Å². The van der Waals surface area contributed by atoms with E-state index in [1.807, 2.05) is 12.1 Å². The number of carbonyl (C=O) groups excluding carboxylic acids is 1. The van der Waals surface area contributed by atoms with E-state index in [2.05, 4.69) is 10.3 Å². The van der Waals surface area contributed by atoms with E-state index in [0.29, 0.717) is 26.1 Å². The Morgan fingerprint density at radius 1 is 1.53 bits per heavy atom. The molecule has 1 aromatic heterocycles. The summed E-state index contributed by atoms with van der Waals surface area (Å²) >= 11 is 0. The van der Waals surface area contributed by atoms with Gasteiger partial charge in [0.2, 0.25) is 0 Å². The van der Waals surface area contributed by atoms with Crippen molar-refractivity contribution in [2.75, 3.05) is 19.6 Å². The molecular formula is C13H17N3O3. The van der Waals surface area contributed by atoms with Crippen LogP contribution in [0.4, 0.5) is 4.79 Å². The monoisotopic (exact) mass is 263 g/mol. The number of hydrogen-bond acceptors (Lipinski definition) is 3. The molecule has 1 unspecified atom stereocenters.